The number of thioether (sulfide) groups is 1. The van der Waals surface area contributed by atoms with Crippen LogP contribution in [-0.2, 0) is 16.4 Å². The molecule has 1 atom stereocenters. The molecule has 0 radical (unpaired) electrons. The van der Waals surface area contributed by atoms with Gasteiger partial charge in [0, 0.05) is 12.6 Å². The van der Waals surface area contributed by atoms with Gasteiger partial charge in [-0.2, -0.15) is 0 Å². The zero-order valence-electron chi connectivity index (χ0n) is 16.2. The number of halogens is 1. The lowest BCUT2D eigenvalue weighted by Crippen LogP contribution is -2.41. The number of hydrogen-bond donors (Lipinski definition) is 0. The van der Waals surface area contributed by atoms with Crippen LogP contribution in [0.15, 0.2) is 35.6 Å². The van der Waals surface area contributed by atoms with Gasteiger partial charge in [-0.15, -0.1) is 0 Å². The minimum Gasteiger partial charge on any atom is -0.497 e. The Morgan fingerprint density at radius 3 is 2.66 bits per heavy atom. The number of carbonyl (C=O) groups is 1. The molecule has 1 amide bonds. The fraction of sp³-hybridized carbons (Fsp3) is 0.421. The highest BCUT2D eigenvalue weighted by Gasteiger charge is 2.36. The highest BCUT2D eigenvalue weighted by atomic mass is 35.5. The summed E-state index contributed by atoms with van der Waals surface area (Å²) in [5, 5.41) is 0.611. The fourth-order valence-electron chi connectivity index (χ4n) is 3.15. The monoisotopic (exact) mass is 455 g/mol. The molecule has 2 heterocycles. The molecule has 1 aromatic heterocycles. The molecule has 1 saturated heterocycles. The maximum absolute atomic E-state index is 13.4. The second-order valence-electron chi connectivity index (χ2n) is 6.62. The van der Waals surface area contributed by atoms with E-state index in [0.29, 0.717) is 17.3 Å². The average molecular weight is 456 g/mol. The van der Waals surface area contributed by atoms with Crippen molar-refractivity contribution < 1.29 is 17.9 Å². The van der Waals surface area contributed by atoms with Crippen LogP contribution >= 0.6 is 23.4 Å². The van der Waals surface area contributed by atoms with Gasteiger partial charge in [0.25, 0.3) is 5.91 Å². The van der Waals surface area contributed by atoms with Crippen LogP contribution in [0.2, 0.25) is 5.02 Å². The predicted octanol–water partition coefficient (Wildman–Crippen LogP) is 3.08. The third-order valence-electron chi connectivity index (χ3n) is 4.62. The molecule has 0 spiro atoms. The standard InChI is InChI=1S/C19H22ClN3O4S2/c1-3-28-19-21-10-16(20)17(22-19)18(24)23(14-8-9-29(25,26)12-14)11-13-4-6-15(27-2)7-5-13/h4-7,10,14H,3,8-9,11-12H2,1-2H3/t14-/m1/s1. The largest absolute Gasteiger partial charge is 0.497 e. The van der Waals surface area contributed by atoms with Gasteiger partial charge in [-0.25, -0.2) is 18.4 Å². The SMILES string of the molecule is CCSc1ncc(Cl)c(C(=O)N(Cc2ccc(OC)cc2)[C@@H]2CCS(=O)(=O)C2)n1. The molecular formula is C19H22ClN3O4S2. The molecule has 3 rings (SSSR count). The first kappa shape index (κ1) is 21.9. The van der Waals surface area contributed by atoms with Crippen molar-refractivity contribution in [1.82, 2.24) is 14.9 Å². The zero-order valence-corrected chi connectivity index (χ0v) is 18.6. The molecule has 0 unspecified atom stereocenters. The minimum absolute atomic E-state index is 0.0613. The summed E-state index contributed by atoms with van der Waals surface area (Å²) in [6.07, 6.45) is 1.81. The summed E-state index contributed by atoms with van der Waals surface area (Å²) in [4.78, 5) is 23.4. The normalized spacial score (nSPS) is 17.8. The Morgan fingerprint density at radius 2 is 2.07 bits per heavy atom. The summed E-state index contributed by atoms with van der Waals surface area (Å²) in [6.45, 7) is 2.21. The quantitative estimate of drug-likeness (QED) is 0.468. The number of amides is 1. The summed E-state index contributed by atoms with van der Waals surface area (Å²) < 4.78 is 29.2. The van der Waals surface area contributed by atoms with Gasteiger partial charge < -0.3 is 9.64 Å². The van der Waals surface area contributed by atoms with Crippen LogP contribution in [0.5, 0.6) is 5.75 Å². The Bertz CT molecular complexity index is 983. The Morgan fingerprint density at radius 1 is 1.34 bits per heavy atom. The van der Waals surface area contributed by atoms with Gasteiger partial charge in [-0.3, -0.25) is 4.79 Å². The summed E-state index contributed by atoms with van der Waals surface area (Å²) in [7, 11) is -1.59. The number of carbonyl (C=O) groups excluding carboxylic acids is 1. The number of methoxy groups -OCH3 is 1. The lowest BCUT2D eigenvalue weighted by molar-refractivity contribution is 0.0674. The number of ether oxygens (including phenoxy) is 1. The number of rotatable bonds is 7. The van der Waals surface area contributed by atoms with Gasteiger partial charge in [0.2, 0.25) is 0 Å². The molecular weight excluding hydrogens is 434 g/mol. The lowest BCUT2D eigenvalue weighted by atomic mass is 10.1. The van der Waals surface area contributed by atoms with Crippen LogP contribution < -0.4 is 4.74 Å². The van der Waals surface area contributed by atoms with E-state index < -0.39 is 21.8 Å². The molecule has 7 nitrogen and oxygen atoms in total. The van der Waals surface area contributed by atoms with E-state index in [1.165, 1.54) is 18.0 Å². The van der Waals surface area contributed by atoms with Crippen LogP contribution in [0, 0.1) is 0 Å². The number of hydrogen-bond acceptors (Lipinski definition) is 7. The van der Waals surface area contributed by atoms with Crippen molar-refractivity contribution >= 4 is 39.1 Å². The fourth-order valence-corrected chi connectivity index (χ4v) is 5.60. The van der Waals surface area contributed by atoms with Crippen LogP contribution in [0.25, 0.3) is 0 Å². The van der Waals surface area contributed by atoms with Crippen molar-refractivity contribution in [3.63, 3.8) is 0 Å². The predicted molar refractivity (Wildman–Crippen MR) is 113 cm³/mol. The molecule has 156 valence electrons. The van der Waals surface area contributed by atoms with Crippen LogP contribution in [0.3, 0.4) is 0 Å². The molecule has 0 saturated carbocycles. The zero-order chi connectivity index (χ0) is 21.0. The molecule has 1 aliphatic heterocycles. The first-order valence-electron chi connectivity index (χ1n) is 9.12. The summed E-state index contributed by atoms with van der Waals surface area (Å²) >= 11 is 7.63. The second-order valence-corrected chi connectivity index (χ2v) is 10.5. The first-order chi connectivity index (χ1) is 13.8. The van der Waals surface area contributed by atoms with E-state index in [1.54, 1.807) is 24.1 Å². The molecule has 0 aliphatic carbocycles. The van der Waals surface area contributed by atoms with E-state index in [9.17, 15) is 13.2 Å². The van der Waals surface area contributed by atoms with E-state index >= 15 is 0 Å². The highest BCUT2D eigenvalue weighted by molar-refractivity contribution is 7.99. The van der Waals surface area contributed by atoms with Gasteiger partial charge >= 0.3 is 0 Å². The van der Waals surface area contributed by atoms with Gasteiger partial charge in [-0.1, -0.05) is 42.4 Å². The van der Waals surface area contributed by atoms with Crippen LogP contribution in [0.1, 0.15) is 29.4 Å². The third-order valence-corrected chi connectivity index (χ3v) is 7.39. The van der Waals surface area contributed by atoms with Gasteiger partial charge in [-0.05, 0) is 29.9 Å². The Hall–Kier alpha value is -1.84. The van der Waals surface area contributed by atoms with Crippen molar-refractivity contribution in [2.24, 2.45) is 0 Å². The van der Waals surface area contributed by atoms with Crippen molar-refractivity contribution in [3.8, 4) is 5.75 Å². The molecule has 0 bridgehead atoms. The van der Waals surface area contributed by atoms with E-state index in [-0.39, 0.29) is 28.8 Å². The number of sulfone groups is 1. The topological polar surface area (TPSA) is 89.5 Å². The van der Waals surface area contributed by atoms with E-state index in [1.807, 2.05) is 19.1 Å². The maximum atomic E-state index is 13.4. The Kier molecular flexibility index (Phi) is 7.02. The molecule has 29 heavy (non-hydrogen) atoms. The van der Waals surface area contributed by atoms with E-state index in [2.05, 4.69) is 9.97 Å². The summed E-state index contributed by atoms with van der Waals surface area (Å²) in [6, 6.07) is 6.88. The molecule has 1 fully saturated rings. The van der Waals surface area contributed by atoms with Crippen molar-refractivity contribution in [2.45, 2.75) is 31.1 Å². The van der Waals surface area contributed by atoms with Gasteiger partial charge in [0.15, 0.2) is 20.7 Å². The van der Waals surface area contributed by atoms with Crippen LogP contribution in [0.4, 0.5) is 0 Å². The van der Waals surface area contributed by atoms with E-state index in [0.717, 1.165) is 11.3 Å². The van der Waals surface area contributed by atoms with Crippen LogP contribution in [-0.4, -0.2) is 59.6 Å². The highest BCUT2D eigenvalue weighted by Crippen LogP contribution is 2.26. The summed E-state index contributed by atoms with van der Waals surface area (Å²) in [5.74, 6) is 1.07. The van der Waals surface area contributed by atoms with Gasteiger partial charge in [0.1, 0.15) is 5.75 Å². The maximum Gasteiger partial charge on any atom is 0.274 e. The second kappa shape index (κ2) is 9.32. The summed E-state index contributed by atoms with van der Waals surface area (Å²) in [5.41, 5.74) is 0.951. The lowest BCUT2D eigenvalue weighted by Gasteiger charge is -2.28. The molecule has 0 N–H and O–H groups in total. The molecule has 2 aromatic rings. The first-order valence-corrected chi connectivity index (χ1v) is 12.3. The number of benzene rings is 1. The average Bonchev–Trinajstić information content (AvgIpc) is 3.07. The minimum atomic E-state index is -3.17. The molecule has 1 aliphatic rings. The number of nitrogens with zero attached hydrogens (tertiary/aromatic N) is 3. The Labute approximate surface area is 179 Å². The van der Waals surface area contributed by atoms with Crippen molar-refractivity contribution in [1.29, 1.82) is 0 Å². The molecule has 10 heteroatoms. The third kappa shape index (κ3) is 5.40. The van der Waals surface area contributed by atoms with Gasteiger partial charge in [0.05, 0.1) is 29.8 Å². The van der Waals surface area contributed by atoms with E-state index in [4.69, 9.17) is 16.3 Å². The smallest absolute Gasteiger partial charge is 0.274 e. The number of aromatic nitrogens is 2. The van der Waals surface area contributed by atoms with Crippen molar-refractivity contribution in [3.05, 3.63) is 46.7 Å². The molecule has 1 aromatic carbocycles. The Balaban J connectivity index is 1.93. The van der Waals surface area contributed by atoms with Crippen molar-refractivity contribution in [2.75, 3.05) is 24.4 Å².